The smallest absolute Gasteiger partial charge is 0.0122 e. The number of hydrogen-bond acceptors (Lipinski definition) is 2. The van der Waals surface area contributed by atoms with Crippen LogP contribution < -0.4 is 10.6 Å². The fraction of sp³-hybridized carbons (Fsp3) is 1.00. The molecule has 0 aliphatic carbocycles. The zero-order chi connectivity index (χ0) is 8.44. The van der Waals surface area contributed by atoms with E-state index in [2.05, 4.69) is 17.6 Å². The molecule has 1 spiro atoms. The summed E-state index contributed by atoms with van der Waals surface area (Å²) in [5.74, 6) is 0. The molecule has 2 rings (SSSR count). The lowest BCUT2D eigenvalue weighted by molar-refractivity contribution is 0.172. The molecule has 0 radical (unpaired) electrons. The van der Waals surface area contributed by atoms with Crippen LogP contribution in [0.15, 0.2) is 0 Å². The molecule has 2 aliphatic rings. The molecule has 0 amide bonds. The predicted molar refractivity (Wildman–Crippen MR) is 51.2 cm³/mol. The van der Waals surface area contributed by atoms with E-state index in [4.69, 9.17) is 0 Å². The second-order valence-electron chi connectivity index (χ2n) is 4.28. The monoisotopic (exact) mass is 168 g/mol. The summed E-state index contributed by atoms with van der Waals surface area (Å²) in [4.78, 5) is 0. The van der Waals surface area contributed by atoms with Crippen LogP contribution >= 0.6 is 0 Å². The summed E-state index contributed by atoms with van der Waals surface area (Å²) >= 11 is 0. The average Bonchev–Trinajstić information content (AvgIpc) is 2.49. The van der Waals surface area contributed by atoms with Crippen LogP contribution in [0.1, 0.15) is 32.6 Å². The fourth-order valence-corrected chi connectivity index (χ4v) is 2.99. The van der Waals surface area contributed by atoms with Gasteiger partial charge in [0.05, 0.1) is 0 Å². The van der Waals surface area contributed by atoms with Gasteiger partial charge in [0.15, 0.2) is 0 Å². The van der Waals surface area contributed by atoms with Crippen LogP contribution in [0.5, 0.6) is 0 Å². The summed E-state index contributed by atoms with van der Waals surface area (Å²) in [7, 11) is 0. The van der Waals surface area contributed by atoms with Crippen molar-refractivity contribution in [1.82, 2.24) is 10.6 Å². The number of nitrogens with one attached hydrogen (secondary N) is 2. The molecule has 2 heterocycles. The fourth-order valence-electron chi connectivity index (χ4n) is 2.99. The first-order valence-corrected chi connectivity index (χ1v) is 5.31. The van der Waals surface area contributed by atoms with E-state index in [-0.39, 0.29) is 0 Å². The normalized spacial score (nSPS) is 34.2. The summed E-state index contributed by atoms with van der Waals surface area (Å²) in [6, 6.07) is 0.805. The van der Waals surface area contributed by atoms with Gasteiger partial charge in [-0.3, -0.25) is 0 Å². The third-order valence-electron chi connectivity index (χ3n) is 3.76. The van der Waals surface area contributed by atoms with Gasteiger partial charge in [-0.25, -0.2) is 0 Å². The van der Waals surface area contributed by atoms with Crippen molar-refractivity contribution >= 4 is 0 Å². The first kappa shape index (κ1) is 8.52. The maximum absolute atomic E-state index is 3.64. The van der Waals surface area contributed by atoms with Crippen LogP contribution in [0.4, 0.5) is 0 Å². The lowest BCUT2D eigenvalue weighted by atomic mass is 9.72. The highest BCUT2D eigenvalue weighted by molar-refractivity contribution is 4.98. The maximum atomic E-state index is 3.64. The molecule has 1 unspecified atom stereocenters. The predicted octanol–water partition coefficient (Wildman–Crippen LogP) is 1.13. The Morgan fingerprint density at radius 1 is 1.17 bits per heavy atom. The minimum atomic E-state index is 0.667. The van der Waals surface area contributed by atoms with Gasteiger partial charge in [0.1, 0.15) is 0 Å². The molecule has 2 fully saturated rings. The molecular weight excluding hydrogens is 148 g/mol. The van der Waals surface area contributed by atoms with Crippen LogP contribution in [0.25, 0.3) is 0 Å². The second kappa shape index (κ2) is 3.35. The molecule has 0 bridgehead atoms. The van der Waals surface area contributed by atoms with Crippen molar-refractivity contribution in [3.63, 3.8) is 0 Å². The summed E-state index contributed by atoms with van der Waals surface area (Å²) < 4.78 is 0. The van der Waals surface area contributed by atoms with Gasteiger partial charge in [-0.2, -0.15) is 0 Å². The number of rotatable bonds is 1. The SMILES string of the molecule is CCC1NCCC12CCNCC2. The Bertz CT molecular complexity index is 150. The van der Waals surface area contributed by atoms with Gasteiger partial charge in [0.25, 0.3) is 0 Å². The molecule has 1 atom stereocenters. The summed E-state index contributed by atoms with van der Waals surface area (Å²) in [5.41, 5.74) is 0.667. The largest absolute Gasteiger partial charge is 0.317 e. The summed E-state index contributed by atoms with van der Waals surface area (Å²) in [6.45, 7) is 6.03. The van der Waals surface area contributed by atoms with Gasteiger partial charge in [-0.05, 0) is 50.7 Å². The van der Waals surface area contributed by atoms with Crippen LogP contribution in [-0.4, -0.2) is 25.7 Å². The average molecular weight is 168 g/mol. The topological polar surface area (TPSA) is 24.1 Å². The van der Waals surface area contributed by atoms with Crippen molar-refractivity contribution in [1.29, 1.82) is 0 Å². The van der Waals surface area contributed by atoms with Crippen LogP contribution in [-0.2, 0) is 0 Å². The molecular formula is C10H20N2. The quantitative estimate of drug-likeness (QED) is 0.613. The highest BCUT2D eigenvalue weighted by Gasteiger charge is 2.41. The molecule has 12 heavy (non-hydrogen) atoms. The first-order chi connectivity index (χ1) is 5.87. The van der Waals surface area contributed by atoms with Crippen molar-refractivity contribution in [2.24, 2.45) is 5.41 Å². The Hall–Kier alpha value is -0.0800. The van der Waals surface area contributed by atoms with Crippen molar-refractivity contribution in [2.75, 3.05) is 19.6 Å². The molecule has 2 nitrogen and oxygen atoms in total. The molecule has 0 aromatic rings. The van der Waals surface area contributed by atoms with Crippen LogP contribution in [0.3, 0.4) is 0 Å². The maximum Gasteiger partial charge on any atom is 0.0122 e. The lowest BCUT2D eigenvalue weighted by Gasteiger charge is -2.38. The van der Waals surface area contributed by atoms with Gasteiger partial charge >= 0.3 is 0 Å². The van der Waals surface area contributed by atoms with E-state index in [1.807, 2.05) is 0 Å². The standard InChI is InChI=1S/C10H20N2/c1-2-9-10(5-8-12-9)3-6-11-7-4-10/h9,11-12H,2-8H2,1H3. The van der Waals surface area contributed by atoms with E-state index < -0.39 is 0 Å². The Kier molecular flexibility index (Phi) is 2.37. The molecule has 0 aromatic heterocycles. The van der Waals surface area contributed by atoms with Gasteiger partial charge in [-0.1, -0.05) is 6.92 Å². The third-order valence-corrected chi connectivity index (χ3v) is 3.76. The van der Waals surface area contributed by atoms with Crippen LogP contribution in [0, 0.1) is 5.41 Å². The van der Waals surface area contributed by atoms with E-state index in [1.165, 1.54) is 45.3 Å². The number of hydrogen-bond donors (Lipinski definition) is 2. The second-order valence-corrected chi connectivity index (χ2v) is 4.28. The number of piperidine rings is 1. The van der Waals surface area contributed by atoms with Crippen molar-refractivity contribution in [2.45, 2.75) is 38.6 Å². The lowest BCUT2D eigenvalue weighted by Crippen LogP contribution is -2.44. The van der Waals surface area contributed by atoms with Gasteiger partial charge in [-0.15, -0.1) is 0 Å². The molecule has 70 valence electrons. The zero-order valence-corrected chi connectivity index (χ0v) is 8.03. The van der Waals surface area contributed by atoms with E-state index >= 15 is 0 Å². The molecule has 0 aromatic carbocycles. The third kappa shape index (κ3) is 1.27. The Morgan fingerprint density at radius 3 is 2.50 bits per heavy atom. The van der Waals surface area contributed by atoms with E-state index in [9.17, 15) is 0 Å². The summed E-state index contributed by atoms with van der Waals surface area (Å²) in [6.07, 6.45) is 5.49. The van der Waals surface area contributed by atoms with E-state index in [0.29, 0.717) is 5.41 Å². The van der Waals surface area contributed by atoms with Gasteiger partial charge in [0, 0.05) is 6.04 Å². The molecule has 0 saturated carbocycles. The van der Waals surface area contributed by atoms with E-state index in [0.717, 1.165) is 6.04 Å². The molecule has 2 aliphatic heterocycles. The minimum Gasteiger partial charge on any atom is -0.317 e. The highest BCUT2D eigenvalue weighted by Crippen LogP contribution is 2.40. The van der Waals surface area contributed by atoms with Crippen molar-refractivity contribution in [3.8, 4) is 0 Å². The molecule has 2 N–H and O–H groups in total. The molecule has 2 saturated heterocycles. The molecule has 2 heteroatoms. The summed E-state index contributed by atoms with van der Waals surface area (Å²) in [5, 5.41) is 7.09. The Morgan fingerprint density at radius 2 is 1.83 bits per heavy atom. The Labute approximate surface area is 75.1 Å². The highest BCUT2D eigenvalue weighted by atomic mass is 15.0. The van der Waals surface area contributed by atoms with Crippen molar-refractivity contribution in [3.05, 3.63) is 0 Å². The van der Waals surface area contributed by atoms with Crippen molar-refractivity contribution < 1.29 is 0 Å². The minimum absolute atomic E-state index is 0.667. The van der Waals surface area contributed by atoms with Gasteiger partial charge < -0.3 is 10.6 Å². The van der Waals surface area contributed by atoms with Gasteiger partial charge in [0.2, 0.25) is 0 Å². The van der Waals surface area contributed by atoms with E-state index in [1.54, 1.807) is 0 Å². The van der Waals surface area contributed by atoms with Crippen LogP contribution in [0.2, 0.25) is 0 Å². The Balaban J connectivity index is 2.05. The first-order valence-electron chi connectivity index (χ1n) is 5.31. The zero-order valence-electron chi connectivity index (χ0n) is 8.03.